The Morgan fingerprint density at radius 3 is 1.25 bits per heavy atom. The van der Waals surface area contributed by atoms with E-state index >= 15 is 0 Å². The van der Waals surface area contributed by atoms with E-state index in [4.69, 9.17) is 0 Å². The number of anilines is 3. The zero-order chi connectivity index (χ0) is 47.8. The minimum Gasteiger partial charge on any atom is -0.310 e. The summed E-state index contributed by atoms with van der Waals surface area (Å²) in [5.74, 6) is 0. The zero-order valence-electron chi connectivity index (χ0n) is 40.3. The second-order valence-corrected chi connectivity index (χ2v) is 20.6. The molecule has 0 heterocycles. The largest absolute Gasteiger partial charge is 0.310 e. The number of benzene rings is 11. The Morgan fingerprint density at radius 2 is 0.639 bits per heavy atom. The quantitative estimate of drug-likeness (QED) is 0.166. The van der Waals surface area contributed by atoms with E-state index in [1.165, 1.54) is 117 Å². The second kappa shape index (κ2) is 15.1. The van der Waals surface area contributed by atoms with E-state index in [-0.39, 0.29) is 5.41 Å². The van der Waals surface area contributed by atoms with E-state index in [9.17, 15) is 0 Å². The van der Waals surface area contributed by atoms with Crippen LogP contribution in [0.5, 0.6) is 0 Å². The summed E-state index contributed by atoms with van der Waals surface area (Å²) in [7, 11) is 0. The van der Waals surface area contributed by atoms with E-state index in [0.717, 1.165) is 11.4 Å². The van der Waals surface area contributed by atoms with Crippen LogP contribution in [0.3, 0.4) is 0 Å². The van der Waals surface area contributed by atoms with E-state index in [1.807, 2.05) is 0 Å². The summed E-state index contributed by atoms with van der Waals surface area (Å²) < 4.78 is 0. The third-order valence-corrected chi connectivity index (χ3v) is 17.0. The van der Waals surface area contributed by atoms with E-state index in [2.05, 4.69) is 280 Å². The lowest BCUT2D eigenvalue weighted by atomic mass is 9.55. The normalized spacial score (nSPS) is 14.9. The highest BCUT2D eigenvalue weighted by molar-refractivity contribution is 6.01. The molecule has 0 N–H and O–H groups in total. The van der Waals surface area contributed by atoms with Crippen molar-refractivity contribution in [2.45, 2.75) is 30.1 Å². The number of para-hydroxylation sites is 1. The predicted molar refractivity (Wildman–Crippen MR) is 298 cm³/mol. The molecule has 0 saturated carbocycles. The molecular weight excluding hydrogens is 867 g/mol. The third kappa shape index (κ3) is 5.22. The molecule has 0 saturated heterocycles. The smallest absolute Gasteiger partial charge is 0.0740 e. The maximum absolute atomic E-state index is 2.57. The van der Waals surface area contributed by atoms with Crippen molar-refractivity contribution in [1.29, 1.82) is 0 Å². The molecule has 72 heavy (non-hydrogen) atoms. The van der Waals surface area contributed by atoms with Crippen molar-refractivity contribution in [3.05, 3.63) is 316 Å². The van der Waals surface area contributed by atoms with Crippen LogP contribution in [0.15, 0.2) is 261 Å². The van der Waals surface area contributed by atoms with Crippen molar-refractivity contribution in [3.8, 4) is 55.6 Å². The van der Waals surface area contributed by atoms with Crippen molar-refractivity contribution in [3.63, 3.8) is 0 Å². The standard InChI is InChI=1S/C71H49N/c1-69(2)60-35-15-17-37-62(60)71(63-38-18-16-36-61(63)69)58-33-13-8-27-53(58)54-30-21-41-66(68(54)71)72(65-40-19-10-24-49(65)46-22-4-3-5-23-46)48-44-42-47(43-45-48)50-29-20-39-64-67(50)55-28-9-14-34-59(55)70(64)56-31-11-6-25-51(56)52-26-7-12-32-57(52)70/h3-45H,1-2H3. The van der Waals surface area contributed by atoms with Gasteiger partial charge in [-0.3, -0.25) is 0 Å². The van der Waals surface area contributed by atoms with Gasteiger partial charge in [0.25, 0.3) is 0 Å². The molecule has 4 aliphatic carbocycles. The summed E-state index contributed by atoms with van der Waals surface area (Å²) in [6.07, 6.45) is 0. The molecule has 15 rings (SSSR count). The first kappa shape index (κ1) is 41.0. The van der Waals surface area contributed by atoms with Crippen molar-refractivity contribution < 1.29 is 0 Å². The van der Waals surface area contributed by atoms with Crippen LogP contribution in [-0.4, -0.2) is 0 Å². The molecule has 0 atom stereocenters. The molecule has 1 heteroatoms. The lowest BCUT2D eigenvalue weighted by Crippen LogP contribution is -2.41. The molecule has 338 valence electrons. The van der Waals surface area contributed by atoms with Crippen LogP contribution < -0.4 is 4.90 Å². The number of hydrogen-bond acceptors (Lipinski definition) is 1. The Morgan fingerprint density at radius 1 is 0.250 bits per heavy atom. The van der Waals surface area contributed by atoms with Crippen molar-refractivity contribution in [2.24, 2.45) is 0 Å². The van der Waals surface area contributed by atoms with Gasteiger partial charge < -0.3 is 4.90 Å². The van der Waals surface area contributed by atoms with E-state index in [1.54, 1.807) is 0 Å². The van der Waals surface area contributed by atoms with Gasteiger partial charge in [0.2, 0.25) is 0 Å². The van der Waals surface area contributed by atoms with Gasteiger partial charge in [0.05, 0.1) is 22.2 Å². The molecule has 0 amide bonds. The topological polar surface area (TPSA) is 3.24 Å². The summed E-state index contributed by atoms with van der Waals surface area (Å²) in [6, 6.07) is 98.4. The lowest BCUT2D eigenvalue weighted by Gasteiger charge is -2.47. The molecule has 0 radical (unpaired) electrons. The number of hydrogen-bond donors (Lipinski definition) is 0. The van der Waals surface area contributed by atoms with Gasteiger partial charge in [-0.1, -0.05) is 250 Å². The molecule has 11 aromatic rings. The van der Waals surface area contributed by atoms with Crippen LogP contribution in [0.2, 0.25) is 0 Å². The number of nitrogens with zero attached hydrogens (tertiary/aromatic N) is 1. The Kier molecular flexibility index (Phi) is 8.62. The molecule has 11 aromatic carbocycles. The van der Waals surface area contributed by atoms with Crippen LogP contribution in [-0.2, 0) is 16.2 Å². The van der Waals surface area contributed by atoms with E-state index < -0.39 is 10.8 Å². The molecule has 1 nitrogen and oxygen atoms in total. The minimum atomic E-state index is -0.587. The van der Waals surface area contributed by atoms with Gasteiger partial charge in [0.15, 0.2) is 0 Å². The van der Waals surface area contributed by atoms with Gasteiger partial charge in [0.1, 0.15) is 0 Å². The van der Waals surface area contributed by atoms with Crippen molar-refractivity contribution in [2.75, 3.05) is 4.90 Å². The average Bonchev–Trinajstić information content (AvgIpc) is 4.04. The van der Waals surface area contributed by atoms with Gasteiger partial charge in [-0.15, -0.1) is 0 Å². The van der Waals surface area contributed by atoms with Crippen molar-refractivity contribution in [1.82, 2.24) is 0 Å². The van der Waals surface area contributed by atoms with Crippen LogP contribution in [0.4, 0.5) is 17.1 Å². The first-order valence-electron chi connectivity index (χ1n) is 25.4. The van der Waals surface area contributed by atoms with Gasteiger partial charge in [-0.2, -0.15) is 0 Å². The number of rotatable bonds is 5. The Bertz CT molecular complexity index is 3930. The minimum absolute atomic E-state index is 0.206. The SMILES string of the molecule is CC1(C)c2ccccc2C2(c3ccccc3-c3cccc(N(c4ccc(-c5cccc6c5-c5ccccc5C65c6ccccc6-c6ccccc65)cc4)c4ccccc4-c4ccccc4)c32)c2ccccc21. The van der Waals surface area contributed by atoms with Gasteiger partial charge >= 0.3 is 0 Å². The van der Waals surface area contributed by atoms with Crippen LogP contribution in [0, 0.1) is 0 Å². The van der Waals surface area contributed by atoms with Crippen LogP contribution in [0.25, 0.3) is 55.6 Å². The summed E-state index contributed by atoms with van der Waals surface area (Å²) in [5.41, 5.74) is 28.3. The Labute approximate surface area is 422 Å². The van der Waals surface area contributed by atoms with Gasteiger partial charge in [-0.25, -0.2) is 0 Å². The fraction of sp³-hybridized carbons (Fsp3) is 0.0704. The fourth-order valence-electron chi connectivity index (χ4n) is 14.2. The zero-order valence-corrected chi connectivity index (χ0v) is 40.3. The molecule has 2 spiro atoms. The average molecular weight is 916 g/mol. The second-order valence-electron chi connectivity index (χ2n) is 20.6. The highest BCUT2D eigenvalue weighted by Gasteiger charge is 2.55. The van der Waals surface area contributed by atoms with Crippen molar-refractivity contribution >= 4 is 17.1 Å². The lowest BCUT2D eigenvalue weighted by molar-refractivity contribution is 0.563. The monoisotopic (exact) mass is 915 g/mol. The molecule has 4 aliphatic rings. The molecule has 0 bridgehead atoms. The summed E-state index contributed by atoms with van der Waals surface area (Å²) in [4.78, 5) is 2.57. The third-order valence-electron chi connectivity index (χ3n) is 17.0. The first-order chi connectivity index (χ1) is 35.5. The highest BCUT2D eigenvalue weighted by atomic mass is 15.1. The first-order valence-corrected chi connectivity index (χ1v) is 25.4. The van der Waals surface area contributed by atoms with Gasteiger partial charge in [-0.05, 0) is 124 Å². The molecule has 0 fully saturated rings. The van der Waals surface area contributed by atoms with Gasteiger partial charge in [0, 0.05) is 22.2 Å². The predicted octanol–water partition coefficient (Wildman–Crippen LogP) is 17.8. The maximum atomic E-state index is 2.57. The summed E-state index contributed by atoms with van der Waals surface area (Å²) in [5, 5.41) is 0. The fourth-order valence-corrected chi connectivity index (χ4v) is 14.2. The Hall–Kier alpha value is -8.78. The molecular formula is C71H49N. The maximum Gasteiger partial charge on any atom is 0.0740 e. The molecule has 0 unspecified atom stereocenters. The Balaban J connectivity index is 0.979. The van der Waals surface area contributed by atoms with Crippen LogP contribution >= 0.6 is 0 Å². The molecule has 0 aliphatic heterocycles. The summed E-state index contributed by atoms with van der Waals surface area (Å²) in [6.45, 7) is 4.81. The highest BCUT2D eigenvalue weighted by Crippen LogP contribution is 2.66. The molecule has 0 aromatic heterocycles. The number of fused-ring (bicyclic) bond motifs is 19. The summed E-state index contributed by atoms with van der Waals surface area (Å²) >= 11 is 0. The van der Waals surface area contributed by atoms with Crippen LogP contribution in [0.1, 0.15) is 69.5 Å². The van der Waals surface area contributed by atoms with E-state index in [0.29, 0.717) is 0 Å².